The number of aromatic nitrogens is 4. The molecule has 0 unspecified atom stereocenters. The Morgan fingerprint density at radius 3 is 2.74 bits per heavy atom. The van der Waals surface area contributed by atoms with Crippen molar-refractivity contribution in [3.05, 3.63) is 30.1 Å². The number of para-hydroxylation sites is 1. The first kappa shape index (κ1) is 19.2. The SMILES string of the molecule is CCn1c(CSc2nc3ccccc3s2)nnc1SCCN1CCCCC1. The molecule has 0 spiro atoms. The molecular formula is C19H25N5S3. The van der Waals surface area contributed by atoms with Gasteiger partial charge >= 0.3 is 0 Å². The third kappa shape index (κ3) is 4.85. The molecule has 0 aliphatic carbocycles. The standard InChI is InChI=1S/C19H25N5S3/c1-2-24-17(14-26-19-20-15-8-4-5-9-16(15)27-19)21-22-18(24)25-13-12-23-10-6-3-7-11-23/h4-5,8-9H,2-3,6-7,10-14H2,1H3. The summed E-state index contributed by atoms with van der Waals surface area (Å²) in [5.74, 6) is 2.94. The molecule has 1 aliphatic heterocycles. The molecule has 1 saturated heterocycles. The van der Waals surface area contributed by atoms with Gasteiger partial charge < -0.3 is 9.47 Å². The van der Waals surface area contributed by atoms with E-state index in [1.165, 1.54) is 37.1 Å². The summed E-state index contributed by atoms with van der Waals surface area (Å²) in [6.45, 7) is 6.74. The van der Waals surface area contributed by atoms with E-state index in [0.29, 0.717) is 0 Å². The van der Waals surface area contributed by atoms with Crippen LogP contribution in [0, 0.1) is 0 Å². The molecule has 8 heteroatoms. The zero-order valence-corrected chi connectivity index (χ0v) is 18.1. The number of hydrogen-bond acceptors (Lipinski definition) is 7. The number of hydrogen-bond donors (Lipinski definition) is 0. The van der Waals surface area contributed by atoms with E-state index in [1.54, 1.807) is 23.1 Å². The molecular weight excluding hydrogens is 394 g/mol. The van der Waals surface area contributed by atoms with Crippen molar-refractivity contribution in [2.75, 3.05) is 25.4 Å². The summed E-state index contributed by atoms with van der Waals surface area (Å²) >= 11 is 5.34. The molecule has 1 aromatic carbocycles. The topological polar surface area (TPSA) is 46.8 Å². The molecule has 5 nitrogen and oxygen atoms in total. The van der Waals surface area contributed by atoms with Crippen LogP contribution in [0.1, 0.15) is 32.0 Å². The highest BCUT2D eigenvalue weighted by Crippen LogP contribution is 2.31. The minimum absolute atomic E-state index is 0.813. The maximum absolute atomic E-state index is 4.70. The number of thioether (sulfide) groups is 2. The first-order chi connectivity index (χ1) is 13.3. The Morgan fingerprint density at radius 1 is 1.07 bits per heavy atom. The highest BCUT2D eigenvalue weighted by molar-refractivity contribution is 8.00. The molecule has 1 fully saturated rings. The molecule has 144 valence electrons. The molecule has 0 bridgehead atoms. The van der Waals surface area contributed by atoms with Gasteiger partial charge in [-0.05, 0) is 45.0 Å². The monoisotopic (exact) mass is 419 g/mol. The van der Waals surface area contributed by atoms with Crippen LogP contribution in [0.25, 0.3) is 10.2 Å². The predicted molar refractivity (Wildman–Crippen MR) is 116 cm³/mol. The molecule has 27 heavy (non-hydrogen) atoms. The third-order valence-electron chi connectivity index (χ3n) is 4.80. The van der Waals surface area contributed by atoms with Gasteiger partial charge in [-0.3, -0.25) is 0 Å². The summed E-state index contributed by atoms with van der Waals surface area (Å²) in [5.41, 5.74) is 1.08. The number of fused-ring (bicyclic) bond motifs is 1. The van der Waals surface area contributed by atoms with Crippen molar-refractivity contribution < 1.29 is 0 Å². The third-order valence-corrected chi connectivity index (χ3v) is 7.92. The van der Waals surface area contributed by atoms with Crippen LogP contribution in [0.5, 0.6) is 0 Å². The van der Waals surface area contributed by atoms with Gasteiger partial charge in [-0.15, -0.1) is 21.5 Å². The summed E-state index contributed by atoms with van der Waals surface area (Å²) in [5, 5.41) is 9.96. The van der Waals surface area contributed by atoms with Crippen LogP contribution in [0.3, 0.4) is 0 Å². The molecule has 4 rings (SSSR count). The van der Waals surface area contributed by atoms with Gasteiger partial charge in [0.2, 0.25) is 0 Å². The lowest BCUT2D eigenvalue weighted by Gasteiger charge is -2.25. The first-order valence-corrected chi connectivity index (χ1v) is 12.4. The minimum Gasteiger partial charge on any atom is -0.306 e. The zero-order chi connectivity index (χ0) is 18.5. The van der Waals surface area contributed by atoms with Crippen molar-refractivity contribution in [1.29, 1.82) is 0 Å². The van der Waals surface area contributed by atoms with Gasteiger partial charge in [-0.25, -0.2) is 4.98 Å². The normalized spacial score (nSPS) is 15.6. The Bertz CT molecular complexity index is 836. The molecule has 0 radical (unpaired) electrons. The largest absolute Gasteiger partial charge is 0.306 e. The van der Waals surface area contributed by atoms with E-state index in [-0.39, 0.29) is 0 Å². The Balaban J connectivity index is 1.34. The number of nitrogens with zero attached hydrogens (tertiary/aromatic N) is 5. The highest BCUT2D eigenvalue weighted by atomic mass is 32.2. The van der Waals surface area contributed by atoms with E-state index in [4.69, 9.17) is 4.98 Å². The van der Waals surface area contributed by atoms with Crippen molar-refractivity contribution in [1.82, 2.24) is 24.6 Å². The fourth-order valence-corrected chi connectivity index (χ4v) is 6.37. The van der Waals surface area contributed by atoms with Crippen LogP contribution in [0.4, 0.5) is 0 Å². The average molecular weight is 420 g/mol. The molecule has 0 atom stereocenters. The number of benzene rings is 1. The minimum atomic E-state index is 0.813. The first-order valence-electron chi connectivity index (χ1n) is 9.59. The highest BCUT2D eigenvalue weighted by Gasteiger charge is 2.14. The molecule has 0 amide bonds. The quantitative estimate of drug-likeness (QED) is 0.490. The van der Waals surface area contributed by atoms with Crippen LogP contribution < -0.4 is 0 Å². The van der Waals surface area contributed by atoms with E-state index in [2.05, 4.69) is 44.8 Å². The van der Waals surface area contributed by atoms with Crippen molar-refractivity contribution in [3.63, 3.8) is 0 Å². The van der Waals surface area contributed by atoms with Crippen molar-refractivity contribution >= 4 is 45.1 Å². The lowest BCUT2D eigenvalue weighted by atomic mass is 10.1. The van der Waals surface area contributed by atoms with Crippen LogP contribution in [0.2, 0.25) is 0 Å². The van der Waals surface area contributed by atoms with Crippen LogP contribution in [-0.2, 0) is 12.3 Å². The second-order valence-corrected chi connectivity index (χ2v) is 9.95. The summed E-state index contributed by atoms with van der Waals surface area (Å²) in [6.07, 6.45) is 4.09. The van der Waals surface area contributed by atoms with E-state index in [9.17, 15) is 0 Å². The second-order valence-electron chi connectivity index (χ2n) is 6.63. The van der Waals surface area contributed by atoms with Gasteiger partial charge in [0.25, 0.3) is 0 Å². The molecule has 0 N–H and O–H groups in total. The number of piperidine rings is 1. The smallest absolute Gasteiger partial charge is 0.191 e. The summed E-state index contributed by atoms with van der Waals surface area (Å²) < 4.78 is 4.59. The number of likely N-dealkylation sites (tertiary alicyclic amines) is 1. The maximum atomic E-state index is 4.70. The lowest BCUT2D eigenvalue weighted by molar-refractivity contribution is 0.242. The van der Waals surface area contributed by atoms with Crippen molar-refractivity contribution in [3.8, 4) is 0 Å². The van der Waals surface area contributed by atoms with Gasteiger partial charge in [0.15, 0.2) is 9.50 Å². The lowest BCUT2D eigenvalue weighted by Crippen LogP contribution is -2.31. The van der Waals surface area contributed by atoms with Gasteiger partial charge in [0, 0.05) is 18.8 Å². The van der Waals surface area contributed by atoms with Gasteiger partial charge in [-0.1, -0.05) is 42.1 Å². The van der Waals surface area contributed by atoms with Gasteiger partial charge in [0.05, 0.1) is 16.0 Å². The Morgan fingerprint density at radius 2 is 1.93 bits per heavy atom. The molecule has 0 saturated carbocycles. The van der Waals surface area contributed by atoms with Crippen LogP contribution >= 0.6 is 34.9 Å². The Kier molecular flexibility index (Phi) is 6.70. The zero-order valence-electron chi connectivity index (χ0n) is 15.6. The van der Waals surface area contributed by atoms with Crippen LogP contribution in [-0.4, -0.2) is 50.0 Å². The Labute approximate surface area is 173 Å². The van der Waals surface area contributed by atoms with Crippen molar-refractivity contribution in [2.45, 2.75) is 48.0 Å². The fourth-order valence-electron chi connectivity index (χ4n) is 3.34. The molecule has 3 aromatic rings. The van der Waals surface area contributed by atoms with Gasteiger partial charge in [-0.2, -0.15) is 0 Å². The van der Waals surface area contributed by atoms with Crippen molar-refractivity contribution in [2.24, 2.45) is 0 Å². The summed E-state index contributed by atoms with van der Waals surface area (Å²) in [4.78, 5) is 7.28. The predicted octanol–water partition coefficient (Wildman–Crippen LogP) is 4.78. The number of thiazole rings is 1. The average Bonchev–Trinajstić information content (AvgIpc) is 3.30. The number of rotatable bonds is 8. The molecule has 1 aliphatic rings. The van der Waals surface area contributed by atoms with E-state index >= 15 is 0 Å². The Hall–Kier alpha value is -1.09. The second kappa shape index (κ2) is 9.41. The fraction of sp³-hybridized carbons (Fsp3) is 0.526. The summed E-state index contributed by atoms with van der Waals surface area (Å²) in [7, 11) is 0. The van der Waals surface area contributed by atoms with Crippen LogP contribution in [0.15, 0.2) is 33.8 Å². The van der Waals surface area contributed by atoms with E-state index < -0.39 is 0 Å². The van der Waals surface area contributed by atoms with Gasteiger partial charge in [0.1, 0.15) is 5.82 Å². The summed E-state index contributed by atoms with van der Waals surface area (Å²) in [6, 6.07) is 8.30. The molecule has 2 aromatic heterocycles. The molecule has 3 heterocycles. The van der Waals surface area contributed by atoms with E-state index in [1.807, 2.05) is 17.8 Å². The van der Waals surface area contributed by atoms with E-state index in [0.717, 1.165) is 45.4 Å². The maximum Gasteiger partial charge on any atom is 0.191 e.